The van der Waals surface area contributed by atoms with Crippen molar-refractivity contribution in [3.8, 4) is 0 Å². The number of carboxylic acids is 2. The number of hydrogen-bond acceptors (Lipinski definition) is 6. The molecule has 1 unspecified atom stereocenters. The fraction of sp³-hybridized carbons (Fsp3) is 0.600. The van der Waals surface area contributed by atoms with Crippen LogP contribution >= 0.6 is 0 Å². The second kappa shape index (κ2) is 3.66. The molecule has 1 atom stereocenters. The SMILES string of the molecule is O=C(O)C(C(=O)O)C(O)C(O)(O)O. The van der Waals surface area contributed by atoms with Crippen LogP contribution < -0.4 is 0 Å². The monoisotopic (exact) mass is 196 g/mol. The van der Waals surface area contributed by atoms with E-state index in [9.17, 15) is 9.59 Å². The number of carboxylic acid groups (broad SMARTS) is 2. The Kier molecular flexibility index (Phi) is 3.32. The van der Waals surface area contributed by atoms with Gasteiger partial charge in [0.05, 0.1) is 0 Å². The molecular weight excluding hydrogens is 188 g/mol. The lowest BCUT2D eigenvalue weighted by molar-refractivity contribution is -0.360. The number of rotatable bonds is 4. The van der Waals surface area contributed by atoms with Crippen molar-refractivity contribution in [2.45, 2.75) is 12.1 Å². The van der Waals surface area contributed by atoms with Gasteiger partial charge in [-0.15, -0.1) is 0 Å². The average molecular weight is 196 g/mol. The van der Waals surface area contributed by atoms with Crippen LogP contribution in [0, 0.1) is 5.92 Å². The molecule has 0 aromatic carbocycles. The van der Waals surface area contributed by atoms with Crippen molar-refractivity contribution in [1.82, 2.24) is 0 Å². The van der Waals surface area contributed by atoms with Gasteiger partial charge in [0.15, 0.2) is 12.0 Å². The molecule has 6 N–H and O–H groups in total. The fourth-order valence-corrected chi connectivity index (χ4v) is 0.599. The molecule has 0 aliphatic rings. The van der Waals surface area contributed by atoms with Gasteiger partial charge in [-0.2, -0.15) is 0 Å². The first kappa shape index (κ1) is 11.8. The third-order valence-electron chi connectivity index (χ3n) is 1.24. The highest BCUT2D eigenvalue weighted by Crippen LogP contribution is 2.13. The summed E-state index contributed by atoms with van der Waals surface area (Å²) in [7, 11) is 0. The third kappa shape index (κ3) is 2.95. The van der Waals surface area contributed by atoms with Crippen molar-refractivity contribution in [3.63, 3.8) is 0 Å². The van der Waals surface area contributed by atoms with Gasteiger partial charge in [0.1, 0.15) is 0 Å². The first-order chi connectivity index (χ1) is 5.68. The van der Waals surface area contributed by atoms with Crippen molar-refractivity contribution >= 4 is 11.9 Å². The van der Waals surface area contributed by atoms with E-state index in [1.807, 2.05) is 0 Å². The number of aliphatic hydroxyl groups is 4. The van der Waals surface area contributed by atoms with Crippen LogP contribution in [0.5, 0.6) is 0 Å². The minimum absolute atomic E-state index is 2.00. The summed E-state index contributed by atoms with van der Waals surface area (Å²) in [6.07, 6.45) is -2.73. The van der Waals surface area contributed by atoms with Crippen LogP contribution in [0.1, 0.15) is 0 Å². The standard InChI is InChI=1S/C5H8O8/c6-2(5(11,12)13)1(3(7)8)4(9)10/h1-2,6,11-13H,(H,7,8)(H,9,10). The molecule has 0 aromatic heterocycles. The number of carbonyl (C=O) groups is 2. The van der Waals surface area contributed by atoms with E-state index in [2.05, 4.69) is 0 Å². The molecule has 0 aliphatic carbocycles. The molecule has 0 saturated carbocycles. The topological polar surface area (TPSA) is 156 Å². The molecule has 76 valence electrons. The molecule has 0 bridgehead atoms. The lowest BCUT2D eigenvalue weighted by Gasteiger charge is -2.23. The molecule has 0 radical (unpaired) electrons. The highest BCUT2D eigenvalue weighted by atomic mass is 16.7. The zero-order valence-electron chi connectivity index (χ0n) is 6.15. The van der Waals surface area contributed by atoms with Crippen molar-refractivity contribution in [2.75, 3.05) is 0 Å². The maximum absolute atomic E-state index is 10.2. The van der Waals surface area contributed by atoms with Crippen molar-refractivity contribution < 1.29 is 40.2 Å². The summed E-state index contributed by atoms with van der Waals surface area (Å²) in [5, 5.41) is 49.9. The molecule has 0 heterocycles. The zero-order chi connectivity index (χ0) is 10.8. The fourth-order valence-electron chi connectivity index (χ4n) is 0.599. The van der Waals surface area contributed by atoms with E-state index < -0.39 is 29.9 Å². The smallest absolute Gasteiger partial charge is 0.320 e. The Morgan fingerprint density at radius 2 is 1.31 bits per heavy atom. The average Bonchev–Trinajstić information content (AvgIpc) is 1.82. The van der Waals surface area contributed by atoms with Crippen LogP contribution in [0.2, 0.25) is 0 Å². The first-order valence-corrected chi connectivity index (χ1v) is 2.98. The van der Waals surface area contributed by atoms with Crippen molar-refractivity contribution in [2.24, 2.45) is 5.92 Å². The quantitative estimate of drug-likeness (QED) is 0.202. The van der Waals surface area contributed by atoms with E-state index >= 15 is 0 Å². The minimum Gasteiger partial charge on any atom is -0.481 e. The molecular formula is C5H8O8. The summed E-state index contributed by atoms with van der Waals surface area (Å²) < 4.78 is 0. The van der Waals surface area contributed by atoms with Gasteiger partial charge in [-0.05, 0) is 0 Å². The molecule has 0 amide bonds. The predicted molar refractivity (Wildman–Crippen MR) is 34.2 cm³/mol. The van der Waals surface area contributed by atoms with Crippen molar-refractivity contribution in [1.29, 1.82) is 0 Å². The molecule has 0 aromatic rings. The van der Waals surface area contributed by atoms with E-state index in [4.69, 9.17) is 30.6 Å². The first-order valence-electron chi connectivity index (χ1n) is 2.98. The van der Waals surface area contributed by atoms with E-state index in [0.29, 0.717) is 0 Å². The Morgan fingerprint density at radius 3 is 1.38 bits per heavy atom. The van der Waals surface area contributed by atoms with Gasteiger partial charge in [0.2, 0.25) is 0 Å². The molecule has 13 heavy (non-hydrogen) atoms. The van der Waals surface area contributed by atoms with Crippen LogP contribution in [0.3, 0.4) is 0 Å². The van der Waals surface area contributed by atoms with Gasteiger partial charge >= 0.3 is 17.9 Å². The van der Waals surface area contributed by atoms with Gasteiger partial charge < -0.3 is 30.6 Å². The van der Waals surface area contributed by atoms with Crippen LogP contribution in [0.4, 0.5) is 0 Å². The van der Waals surface area contributed by atoms with Crippen LogP contribution in [0.25, 0.3) is 0 Å². The predicted octanol–water partition coefficient (Wildman–Crippen LogP) is -3.24. The molecule has 0 fully saturated rings. The molecule has 0 spiro atoms. The Hall–Kier alpha value is -1.22. The van der Waals surface area contributed by atoms with E-state index in [-0.39, 0.29) is 0 Å². The highest BCUT2D eigenvalue weighted by molar-refractivity contribution is 5.93. The number of aliphatic hydroxyl groups excluding tert-OH is 1. The molecule has 0 aliphatic heterocycles. The van der Waals surface area contributed by atoms with Gasteiger partial charge in [-0.3, -0.25) is 9.59 Å². The second-order valence-electron chi connectivity index (χ2n) is 2.29. The maximum Gasteiger partial charge on any atom is 0.320 e. The highest BCUT2D eigenvalue weighted by Gasteiger charge is 2.45. The summed E-state index contributed by atoms with van der Waals surface area (Å²) >= 11 is 0. The van der Waals surface area contributed by atoms with E-state index in [0.717, 1.165) is 0 Å². The molecule has 0 rings (SSSR count). The van der Waals surface area contributed by atoms with Gasteiger partial charge in [-0.1, -0.05) is 0 Å². The number of hydrogen-bond donors (Lipinski definition) is 6. The molecule has 8 nitrogen and oxygen atoms in total. The van der Waals surface area contributed by atoms with Gasteiger partial charge in [-0.25, -0.2) is 0 Å². The lowest BCUT2D eigenvalue weighted by atomic mass is 10.0. The zero-order valence-corrected chi connectivity index (χ0v) is 6.15. The lowest BCUT2D eigenvalue weighted by Crippen LogP contribution is -2.51. The molecule has 8 heteroatoms. The normalized spacial score (nSPS) is 14.2. The second-order valence-corrected chi connectivity index (χ2v) is 2.29. The third-order valence-corrected chi connectivity index (χ3v) is 1.24. The minimum atomic E-state index is -3.76. The summed E-state index contributed by atoms with van der Waals surface area (Å²) in [5.41, 5.74) is 0. The summed E-state index contributed by atoms with van der Waals surface area (Å²) in [5.74, 6) is -10.3. The number of aliphatic carboxylic acids is 2. The Balaban J connectivity index is 4.77. The summed E-state index contributed by atoms with van der Waals surface area (Å²) in [4.78, 5) is 20.3. The summed E-state index contributed by atoms with van der Waals surface area (Å²) in [6.45, 7) is 0. The van der Waals surface area contributed by atoms with Gasteiger partial charge in [0.25, 0.3) is 0 Å². The van der Waals surface area contributed by atoms with E-state index in [1.54, 1.807) is 0 Å². The van der Waals surface area contributed by atoms with Crippen LogP contribution in [-0.4, -0.2) is 54.7 Å². The molecule has 0 saturated heterocycles. The Bertz CT molecular complexity index is 201. The van der Waals surface area contributed by atoms with Crippen LogP contribution in [0.15, 0.2) is 0 Å². The Labute approximate surface area is 71.3 Å². The van der Waals surface area contributed by atoms with Gasteiger partial charge in [0, 0.05) is 0 Å². The van der Waals surface area contributed by atoms with Crippen LogP contribution in [-0.2, 0) is 9.59 Å². The maximum atomic E-state index is 10.2. The Morgan fingerprint density at radius 1 is 1.00 bits per heavy atom. The largest absolute Gasteiger partial charge is 0.481 e. The summed E-state index contributed by atoms with van der Waals surface area (Å²) in [6, 6.07) is 0. The van der Waals surface area contributed by atoms with E-state index in [1.165, 1.54) is 0 Å². The van der Waals surface area contributed by atoms with Crippen molar-refractivity contribution in [3.05, 3.63) is 0 Å².